The van der Waals surface area contributed by atoms with E-state index >= 15 is 0 Å². The molecule has 1 atom stereocenters. The van der Waals surface area contributed by atoms with Crippen molar-refractivity contribution in [1.82, 2.24) is 9.80 Å². The van der Waals surface area contributed by atoms with Crippen LogP contribution in [0.2, 0.25) is 0 Å². The Balaban J connectivity index is 1.38. The largest absolute Gasteiger partial charge is 0.493 e. The van der Waals surface area contributed by atoms with Gasteiger partial charge in [0.05, 0.1) is 33.8 Å². The van der Waals surface area contributed by atoms with E-state index in [1.54, 1.807) is 25.3 Å². The molecule has 32 heavy (non-hydrogen) atoms. The van der Waals surface area contributed by atoms with Gasteiger partial charge in [0.1, 0.15) is 6.10 Å². The monoisotopic (exact) mass is 436 g/mol. The number of morpholine rings is 1. The third kappa shape index (κ3) is 4.78. The smallest absolute Gasteiger partial charge is 0.230 e. The van der Waals surface area contributed by atoms with E-state index in [-0.39, 0.29) is 30.8 Å². The van der Waals surface area contributed by atoms with Crippen LogP contribution < -0.4 is 9.47 Å². The van der Waals surface area contributed by atoms with Gasteiger partial charge in [0.15, 0.2) is 11.5 Å². The molecule has 2 aromatic rings. The quantitative estimate of drug-likeness (QED) is 0.696. The average molecular weight is 437 g/mol. The minimum Gasteiger partial charge on any atom is -0.493 e. The van der Waals surface area contributed by atoms with E-state index < -0.39 is 0 Å². The number of amides is 2. The van der Waals surface area contributed by atoms with Crippen LogP contribution in [-0.2, 0) is 20.7 Å². The second-order valence-electron chi connectivity index (χ2n) is 7.85. The van der Waals surface area contributed by atoms with Crippen LogP contribution in [0.1, 0.15) is 29.2 Å². The molecule has 7 nitrogen and oxygen atoms in total. The molecular formula is C25H28N2O5. The highest BCUT2D eigenvalue weighted by Gasteiger charge is 2.26. The fourth-order valence-corrected chi connectivity index (χ4v) is 4.08. The van der Waals surface area contributed by atoms with Crippen molar-refractivity contribution >= 4 is 17.9 Å². The fraction of sp³-hybridized carbons (Fsp3) is 0.360. The van der Waals surface area contributed by atoms with E-state index in [1.807, 2.05) is 53.4 Å². The Labute approximate surface area is 188 Å². The molecule has 2 aliphatic rings. The van der Waals surface area contributed by atoms with E-state index in [1.165, 1.54) is 0 Å². The van der Waals surface area contributed by atoms with Crippen molar-refractivity contribution in [3.8, 4) is 11.5 Å². The zero-order valence-corrected chi connectivity index (χ0v) is 18.5. The molecule has 0 spiro atoms. The van der Waals surface area contributed by atoms with Gasteiger partial charge in [-0.15, -0.1) is 0 Å². The number of carbonyl (C=O) groups is 2. The van der Waals surface area contributed by atoms with Crippen LogP contribution in [0.15, 0.2) is 48.7 Å². The summed E-state index contributed by atoms with van der Waals surface area (Å²) in [5.74, 6) is 1.19. The van der Waals surface area contributed by atoms with Crippen molar-refractivity contribution in [1.29, 1.82) is 0 Å². The predicted octanol–water partition coefficient (Wildman–Crippen LogP) is 3.05. The van der Waals surface area contributed by atoms with Crippen molar-refractivity contribution < 1.29 is 23.8 Å². The first-order valence-corrected chi connectivity index (χ1v) is 10.8. The lowest BCUT2D eigenvalue weighted by Crippen LogP contribution is -2.43. The van der Waals surface area contributed by atoms with Crippen molar-refractivity contribution in [3.05, 3.63) is 65.4 Å². The van der Waals surface area contributed by atoms with E-state index in [9.17, 15) is 9.59 Å². The molecule has 1 saturated heterocycles. The second-order valence-corrected chi connectivity index (χ2v) is 7.85. The Bertz CT molecular complexity index is 1000. The molecule has 2 heterocycles. The standard InChI is InChI=1S/C25H28N2O5/c1-30-21-14-19-8-10-26(25(29)16-20(19)15-22(21)31-2)11-9-24(28)27-12-13-32-23(17-27)18-6-4-3-5-7-18/h3-8,10,14-15,23H,9,11-13,16-17H2,1-2H3/t23-/m0/s1. The van der Waals surface area contributed by atoms with Crippen molar-refractivity contribution in [2.45, 2.75) is 18.9 Å². The number of hydrogen-bond donors (Lipinski definition) is 0. The topological polar surface area (TPSA) is 68.3 Å². The van der Waals surface area contributed by atoms with Gasteiger partial charge in [0, 0.05) is 25.7 Å². The van der Waals surface area contributed by atoms with Crippen LogP contribution >= 0.6 is 0 Å². The number of ether oxygens (including phenoxy) is 3. The highest BCUT2D eigenvalue weighted by Crippen LogP contribution is 2.32. The molecule has 0 bridgehead atoms. The Kier molecular flexibility index (Phi) is 6.75. The van der Waals surface area contributed by atoms with Crippen LogP contribution in [-0.4, -0.2) is 62.1 Å². The van der Waals surface area contributed by atoms with Crippen LogP contribution in [0.3, 0.4) is 0 Å². The lowest BCUT2D eigenvalue weighted by Gasteiger charge is -2.33. The first kappa shape index (κ1) is 21.9. The molecule has 4 rings (SSSR count). The molecule has 1 fully saturated rings. The summed E-state index contributed by atoms with van der Waals surface area (Å²) in [5.41, 5.74) is 2.85. The molecule has 0 N–H and O–H groups in total. The third-order valence-electron chi connectivity index (χ3n) is 5.90. The molecule has 7 heteroatoms. The van der Waals surface area contributed by atoms with Crippen LogP contribution in [0.4, 0.5) is 0 Å². The van der Waals surface area contributed by atoms with Gasteiger partial charge in [-0.25, -0.2) is 0 Å². The molecule has 0 unspecified atom stereocenters. The van der Waals surface area contributed by atoms with Crippen molar-refractivity contribution in [3.63, 3.8) is 0 Å². The van der Waals surface area contributed by atoms with E-state index in [2.05, 4.69) is 0 Å². The maximum Gasteiger partial charge on any atom is 0.230 e. The molecular weight excluding hydrogens is 408 g/mol. The average Bonchev–Trinajstić information content (AvgIpc) is 2.99. The molecule has 0 aromatic heterocycles. The molecule has 168 valence electrons. The summed E-state index contributed by atoms with van der Waals surface area (Å²) in [7, 11) is 3.16. The number of nitrogens with zero attached hydrogens (tertiary/aromatic N) is 2. The molecule has 0 radical (unpaired) electrons. The predicted molar refractivity (Wildman–Crippen MR) is 120 cm³/mol. The van der Waals surface area contributed by atoms with Gasteiger partial charge >= 0.3 is 0 Å². The van der Waals surface area contributed by atoms with Crippen molar-refractivity contribution in [2.24, 2.45) is 0 Å². The Morgan fingerprint density at radius 2 is 1.88 bits per heavy atom. The maximum absolute atomic E-state index is 12.9. The zero-order chi connectivity index (χ0) is 22.5. The molecule has 2 aromatic carbocycles. The lowest BCUT2D eigenvalue weighted by atomic mass is 10.0. The number of methoxy groups -OCH3 is 2. The minimum atomic E-state index is -0.118. The Morgan fingerprint density at radius 1 is 1.12 bits per heavy atom. The van der Waals surface area contributed by atoms with Gasteiger partial charge in [-0.05, 0) is 34.9 Å². The van der Waals surface area contributed by atoms with Gasteiger partial charge in [0.25, 0.3) is 0 Å². The summed E-state index contributed by atoms with van der Waals surface area (Å²) in [6, 6.07) is 13.6. The van der Waals surface area contributed by atoms with Crippen LogP contribution in [0.25, 0.3) is 6.08 Å². The minimum absolute atomic E-state index is 0.0283. The lowest BCUT2D eigenvalue weighted by molar-refractivity contribution is -0.139. The summed E-state index contributed by atoms with van der Waals surface area (Å²) in [5, 5.41) is 0. The second kappa shape index (κ2) is 9.87. The fourth-order valence-electron chi connectivity index (χ4n) is 4.08. The molecule has 0 aliphatic carbocycles. The Morgan fingerprint density at radius 3 is 2.62 bits per heavy atom. The molecule has 2 aliphatic heterocycles. The first-order chi connectivity index (χ1) is 15.6. The zero-order valence-electron chi connectivity index (χ0n) is 18.5. The highest BCUT2D eigenvalue weighted by molar-refractivity contribution is 5.85. The normalized spacial score (nSPS) is 18.2. The first-order valence-electron chi connectivity index (χ1n) is 10.8. The number of hydrogen-bond acceptors (Lipinski definition) is 5. The van der Waals surface area contributed by atoms with Gasteiger partial charge < -0.3 is 24.0 Å². The Hall–Kier alpha value is -3.32. The van der Waals surface area contributed by atoms with E-state index in [0.717, 1.165) is 16.7 Å². The number of rotatable bonds is 6. The highest BCUT2D eigenvalue weighted by atomic mass is 16.5. The van der Waals surface area contributed by atoms with E-state index in [0.29, 0.717) is 37.7 Å². The number of benzene rings is 2. The molecule has 0 saturated carbocycles. The van der Waals surface area contributed by atoms with Crippen LogP contribution in [0, 0.1) is 0 Å². The summed E-state index contributed by atoms with van der Waals surface area (Å²) >= 11 is 0. The van der Waals surface area contributed by atoms with Crippen LogP contribution in [0.5, 0.6) is 11.5 Å². The summed E-state index contributed by atoms with van der Waals surface area (Å²) in [4.78, 5) is 29.1. The molecule has 2 amide bonds. The van der Waals surface area contributed by atoms with Gasteiger partial charge in [-0.2, -0.15) is 0 Å². The number of carbonyl (C=O) groups excluding carboxylic acids is 2. The SMILES string of the molecule is COc1cc2c(cc1OC)CC(=O)N(CCC(=O)N1CCO[C@H](c3ccccc3)C1)C=C2. The number of fused-ring (bicyclic) bond motifs is 1. The summed E-state index contributed by atoms with van der Waals surface area (Å²) in [6.07, 6.45) is 4.02. The van der Waals surface area contributed by atoms with E-state index in [4.69, 9.17) is 14.2 Å². The van der Waals surface area contributed by atoms with Gasteiger partial charge in [-0.1, -0.05) is 30.3 Å². The maximum atomic E-state index is 12.9. The summed E-state index contributed by atoms with van der Waals surface area (Å²) < 4.78 is 16.6. The summed E-state index contributed by atoms with van der Waals surface area (Å²) in [6.45, 7) is 1.94. The van der Waals surface area contributed by atoms with Gasteiger partial charge in [-0.3, -0.25) is 9.59 Å². The van der Waals surface area contributed by atoms with Crippen molar-refractivity contribution in [2.75, 3.05) is 40.5 Å². The third-order valence-corrected chi connectivity index (χ3v) is 5.90. The van der Waals surface area contributed by atoms with Gasteiger partial charge in [0.2, 0.25) is 11.8 Å².